The summed E-state index contributed by atoms with van der Waals surface area (Å²) in [6, 6.07) is 16.9. The zero-order valence-corrected chi connectivity index (χ0v) is 13.8. The third-order valence-corrected chi connectivity index (χ3v) is 4.59. The highest BCUT2D eigenvalue weighted by Gasteiger charge is 2.27. The molecule has 0 aliphatic heterocycles. The number of nitrogens with two attached hydrogens (primary N) is 1. The molecule has 8 heteroatoms. The lowest BCUT2D eigenvalue weighted by atomic mass is 10.1. The van der Waals surface area contributed by atoms with Crippen LogP contribution in [0, 0.1) is 0 Å². The summed E-state index contributed by atoms with van der Waals surface area (Å²) in [5.74, 6) is 0. The largest absolute Gasteiger partial charge is 0.397 e. The van der Waals surface area contributed by atoms with E-state index in [-0.39, 0.29) is 16.6 Å². The van der Waals surface area contributed by atoms with Gasteiger partial charge in [0.1, 0.15) is 17.6 Å². The van der Waals surface area contributed by atoms with Crippen molar-refractivity contribution in [3.05, 3.63) is 84.4 Å². The first kappa shape index (κ1) is 16.6. The fourth-order valence-electron chi connectivity index (χ4n) is 2.18. The van der Waals surface area contributed by atoms with E-state index in [4.69, 9.17) is 9.92 Å². The van der Waals surface area contributed by atoms with Crippen molar-refractivity contribution in [3.63, 3.8) is 0 Å². The summed E-state index contributed by atoms with van der Waals surface area (Å²) in [4.78, 5) is 10.8. The number of aromatic nitrogens is 3. The Balaban J connectivity index is 2.15. The van der Waals surface area contributed by atoms with Gasteiger partial charge in [-0.3, -0.25) is 0 Å². The average molecular weight is 354 g/mol. The first-order valence-corrected chi connectivity index (χ1v) is 8.66. The second-order valence-corrected chi connectivity index (χ2v) is 6.42. The van der Waals surface area contributed by atoms with Crippen LogP contribution in [0.4, 0.5) is 0 Å². The summed E-state index contributed by atoms with van der Waals surface area (Å²) >= 11 is 0. The highest BCUT2D eigenvalue weighted by atomic mass is 32.2. The van der Waals surface area contributed by atoms with E-state index in [0.717, 1.165) is 12.7 Å². The molecule has 0 saturated carbocycles. The molecule has 1 heterocycles. The average Bonchev–Trinajstić information content (AvgIpc) is 2.63. The molecule has 2 N–H and O–H groups in total. The molecule has 3 aromatic rings. The van der Waals surface area contributed by atoms with Gasteiger partial charge >= 0.3 is 16.1 Å². The Bertz CT molecular complexity index is 976. The zero-order valence-electron chi connectivity index (χ0n) is 13.0. The van der Waals surface area contributed by atoms with Gasteiger partial charge in [0.25, 0.3) is 0 Å². The summed E-state index contributed by atoms with van der Waals surface area (Å²) < 4.78 is 30.7. The molecule has 0 radical (unpaired) electrons. The van der Waals surface area contributed by atoms with Gasteiger partial charge in [-0.05, 0) is 11.1 Å². The number of rotatable bonds is 5. The van der Waals surface area contributed by atoms with Crippen LogP contribution in [0.1, 0.15) is 11.1 Å². The van der Waals surface area contributed by atoms with Crippen molar-refractivity contribution in [2.24, 2.45) is 5.73 Å². The number of hydrogen-bond acceptors (Lipinski definition) is 7. The highest BCUT2D eigenvalue weighted by molar-refractivity contribution is 7.96. The van der Waals surface area contributed by atoms with Crippen LogP contribution in [-0.2, 0) is 10.1 Å². The van der Waals surface area contributed by atoms with Gasteiger partial charge in [-0.1, -0.05) is 60.7 Å². The molecule has 2 aromatic carbocycles. The maximum atomic E-state index is 12.9. The van der Waals surface area contributed by atoms with Gasteiger partial charge in [0, 0.05) is 0 Å². The first-order valence-electron chi connectivity index (χ1n) is 7.25. The molecule has 3 rings (SSSR count). The molecule has 0 spiro atoms. The molecule has 25 heavy (non-hydrogen) atoms. The molecule has 0 fully saturated rings. The molecule has 0 unspecified atom stereocenters. The second kappa shape index (κ2) is 7.10. The van der Waals surface area contributed by atoms with Gasteiger partial charge in [-0.2, -0.15) is 18.4 Å². The summed E-state index contributed by atoms with van der Waals surface area (Å²) in [5.41, 5.74) is 7.21. The molecule has 7 nitrogen and oxygen atoms in total. The maximum Gasteiger partial charge on any atom is 0.344 e. The molecule has 1 aromatic heterocycles. The quantitative estimate of drug-likeness (QED) is 0.552. The highest BCUT2D eigenvalue weighted by Crippen LogP contribution is 2.29. The Hall–Kier alpha value is -3.26. The normalized spacial score (nSPS) is 12.3. The van der Waals surface area contributed by atoms with Gasteiger partial charge in [-0.25, -0.2) is 4.98 Å². The molecule has 0 amide bonds. The van der Waals surface area contributed by atoms with Crippen LogP contribution in [0.3, 0.4) is 0 Å². The molecular formula is C17H14N4O3S. The van der Waals surface area contributed by atoms with Crippen LogP contribution in [0.15, 0.2) is 73.3 Å². The predicted molar refractivity (Wildman–Crippen MR) is 93.3 cm³/mol. The minimum atomic E-state index is -4.27. The van der Waals surface area contributed by atoms with Crippen LogP contribution < -0.4 is 9.92 Å². The van der Waals surface area contributed by atoms with Crippen molar-refractivity contribution >= 4 is 20.7 Å². The molecule has 0 aliphatic rings. The standard InChI is InChI=1S/C17H14N4O3S/c18-15(13-7-3-1-4-8-13)16(14-9-5-2-6-10-14)25(22,23)24-17-20-11-19-12-21-17/h1-12H,18H2. The topological polar surface area (TPSA) is 108 Å². The number of nitrogens with zero attached hydrogens (tertiary/aromatic N) is 3. The Labute approximate surface area is 145 Å². The lowest BCUT2D eigenvalue weighted by molar-refractivity contribution is 0.473. The van der Waals surface area contributed by atoms with E-state index in [1.165, 1.54) is 0 Å². The van der Waals surface area contributed by atoms with E-state index >= 15 is 0 Å². The fourth-order valence-corrected chi connectivity index (χ4v) is 3.36. The summed E-state index contributed by atoms with van der Waals surface area (Å²) in [6.07, 6.45) is 2.29. The molecule has 0 bridgehead atoms. The van der Waals surface area contributed by atoms with Crippen LogP contribution in [0.5, 0.6) is 6.01 Å². The smallest absolute Gasteiger partial charge is 0.344 e. The van der Waals surface area contributed by atoms with Crippen molar-refractivity contribution in [2.75, 3.05) is 0 Å². The lowest BCUT2D eigenvalue weighted by Crippen LogP contribution is -2.17. The van der Waals surface area contributed by atoms with Crippen LogP contribution >= 0.6 is 0 Å². The summed E-state index contributed by atoms with van der Waals surface area (Å²) in [5, 5.41) is 0. The van der Waals surface area contributed by atoms with Gasteiger partial charge in [0.05, 0.1) is 5.70 Å². The number of benzene rings is 2. The molecule has 0 saturated heterocycles. The molecule has 126 valence electrons. The van der Waals surface area contributed by atoms with Gasteiger partial charge in [0.15, 0.2) is 0 Å². The third-order valence-electron chi connectivity index (χ3n) is 3.27. The molecule has 0 atom stereocenters. The van der Waals surface area contributed by atoms with E-state index in [9.17, 15) is 8.42 Å². The van der Waals surface area contributed by atoms with Gasteiger partial charge in [-0.15, -0.1) is 0 Å². The molecule has 0 aliphatic carbocycles. The zero-order chi connectivity index (χ0) is 17.7. The Morgan fingerprint density at radius 3 is 1.92 bits per heavy atom. The Morgan fingerprint density at radius 2 is 1.36 bits per heavy atom. The van der Waals surface area contributed by atoms with Crippen molar-refractivity contribution in [3.8, 4) is 6.01 Å². The third kappa shape index (κ3) is 3.81. The fraction of sp³-hybridized carbons (Fsp3) is 0. The van der Waals surface area contributed by atoms with Crippen LogP contribution in [0.25, 0.3) is 10.6 Å². The van der Waals surface area contributed by atoms with Crippen molar-refractivity contribution < 1.29 is 12.6 Å². The van der Waals surface area contributed by atoms with E-state index < -0.39 is 10.1 Å². The van der Waals surface area contributed by atoms with Crippen molar-refractivity contribution in [1.82, 2.24) is 15.0 Å². The number of hydrogen-bond donors (Lipinski definition) is 1. The van der Waals surface area contributed by atoms with Gasteiger partial charge in [0.2, 0.25) is 0 Å². The van der Waals surface area contributed by atoms with Crippen molar-refractivity contribution in [2.45, 2.75) is 0 Å². The summed E-state index contributed by atoms with van der Waals surface area (Å²) in [6.45, 7) is 0. The van der Waals surface area contributed by atoms with E-state index in [1.807, 2.05) is 6.07 Å². The monoisotopic (exact) mass is 354 g/mol. The van der Waals surface area contributed by atoms with E-state index in [0.29, 0.717) is 11.1 Å². The minimum Gasteiger partial charge on any atom is -0.397 e. The van der Waals surface area contributed by atoms with Crippen LogP contribution in [-0.4, -0.2) is 23.4 Å². The SMILES string of the molecule is NC(=C(c1ccccc1)S(=O)(=O)Oc1ncncn1)c1ccccc1. The maximum absolute atomic E-state index is 12.9. The first-order chi connectivity index (χ1) is 12.1. The Kier molecular flexibility index (Phi) is 4.71. The van der Waals surface area contributed by atoms with Crippen LogP contribution in [0.2, 0.25) is 0 Å². The Morgan fingerprint density at radius 1 is 0.840 bits per heavy atom. The molecular weight excluding hydrogens is 340 g/mol. The lowest BCUT2D eigenvalue weighted by Gasteiger charge is -2.13. The van der Waals surface area contributed by atoms with Gasteiger partial charge < -0.3 is 9.92 Å². The van der Waals surface area contributed by atoms with E-state index in [2.05, 4.69) is 15.0 Å². The van der Waals surface area contributed by atoms with E-state index in [1.54, 1.807) is 54.6 Å². The minimum absolute atomic E-state index is 0.0702. The van der Waals surface area contributed by atoms with Crippen molar-refractivity contribution in [1.29, 1.82) is 0 Å². The second-order valence-electron chi connectivity index (χ2n) is 4.93. The predicted octanol–water partition coefficient (Wildman–Crippen LogP) is 2.06. The summed E-state index contributed by atoms with van der Waals surface area (Å²) in [7, 11) is -4.27.